The molecule has 0 radical (unpaired) electrons. The molecule has 1 aliphatic rings. The smallest absolute Gasteiger partial charge is 0.282 e. The minimum Gasteiger partial charge on any atom is -0.497 e. The van der Waals surface area contributed by atoms with E-state index >= 15 is 0 Å². The number of carbonyl (C=O) groups is 1. The van der Waals surface area contributed by atoms with Gasteiger partial charge in [0.2, 0.25) is 0 Å². The van der Waals surface area contributed by atoms with Crippen molar-refractivity contribution in [3.05, 3.63) is 126 Å². The van der Waals surface area contributed by atoms with Crippen molar-refractivity contribution in [3.8, 4) is 17.0 Å². The Morgan fingerprint density at radius 3 is 2.11 bits per heavy atom. The van der Waals surface area contributed by atoms with E-state index in [1.165, 1.54) is 0 Å². The summed E-state index contributed by atoms with van der Waals surface area (Å²) in [5.41, 5.74) is 5.74. The Labute approximate surface area is 209 Å². The van der Waals surface area contributed by atoms with Gasteiger partial charge in [-0.15, -0.1) is 0 Å². The number of fused-ring (bicyclic) bond motifs is 1. The zero-order chi connectivity index (χ0) is 24.5. The first-order valence-electron chi connectivity index (χ1n) is 11.7. The molecule has 0 spiro atoms. The van der Waals surface area contributed by atoms with Gasteiger partial charge in [0.25, 0.3) is 5.91 Å². The van der Waals surface area contributed by atoms with E-state index < -0.39 is 0 Å². The lowest BCUT2D eigenvalue weighted by Crippen LogP contribution is -2.33. The van der Waals surface area contributed by atoms with Crippen LogP contribution in [-0.4, -0.2) is 23.8 Å². The topological polar surface area (TPSA) is 57.7 Å². The molecule has 5 heteroatoms. The minimum absolute atomic E-state index is 0.174. The first kappa shape index (κ1) is 21.6. The van der Waals surface area contributed by atoms with Gasteiger partial charge >= 0.3 is 0 Å². The van der Waals surface area contributed by atoms with Crippen molar-refractivity contribution in [3.63, 3.8) is 0 Å². The van der Waals surface area contributed by atoms with Crippen LogP contribution < -0.4 is 9.64 Å². The van der Waals surface area contributed by atoms with Gasteiger partial charge in [0, 0.05) is 22.0 Å². The zero-order valence-corrected chi connectivity index (χ0v) is 19.7. The zero-order valence-electron chi connectivity index (χ0n) is 19.7. The molecule has 2 heterocycles. The quantitative estimate of drug-likeness (QED) is 0.292. The lowest BCUT2D eigenvalue weighted by atomic mass is 10.1. The Morgan fingerprint density at radius 2 is 1.42 bits per heavy atom. The summed E-state index contributed by atoms with van der Waals surface area (Å²) in [6.07, 6.45) is 1.82. The van der Waals surface area contributed by atoms with Crippen molar-refractivity contribution >= 4 is 34.4 Å². The third kappa shape index (κ3) is 3.77. The van der Waals surface area contributed by atoms with Gasteiger partial charge in [-0.05, 0) is 29.8 Å². The molecule has 0 fully saturated rings. The first-order chi connectivity index (χ1) is 17.7. The molecule has 1 aliphatic heterocycles. The summed E-state index contributed by atoms with van der Waals surface area (Å²) in [7, 11) is 1.63. The van der Waals surface area contributed by atoms with Crippen molar-refractivity contribution in [2.45, 2.75) is 0 Å². The van der Waals surface area contributed by atoms with E-state index in [4.69, 9.17) is 9.73 Å². The number of carbonyl (C=O) groups excluding carboxylic acids is 1. The number of benzene rings is 4. The van der Waals surface area contributed by atoms with Gasteiger partial charge in [0.15, 0.2) is 0 Å². The molecule has 1 aromatic heterocycles. The summed E-state index contributed by atoms with van der Waals surface area (Å²) >= 11 is 0. The molecular formula is C31H23N3O2. The fourth-order valence-corrected chi connectivity index (χ4v) is 4.54. The highest BCUT2D eigenvalue weighted by Gasteiger charge is 2.36. The molecule has 0 aliphatic carbocycles. The van der Waals surface area contributed by atoms with Crippen LogP contribution in [0, 0.1) is 0 Å². The van der Waals surface area contributed by atoms with Crippen LogP contribution in [-0.2, 0) is 4.79 Å². The number of aliphatic imine (C=N–C) groups is 1. The summed E-state index contributed by atoms with van der Waals surface area (Å²) in [6.45, 7) is 0. The van der Waals surface area contributed by atoms with Crippen LogP contribution in [0.3, 0.4) is 0 Å². The van der Waals surface area contributed by atoms with Crippen molar-refractivity contribution in [2.24, 2.45) is 4.99 Å². The van der Waals surface area contributed by atoms with E-state index in [1.807, 2.05) is 115 Å². The second kappa shape index (κ2) is 9.04. The number of para-hydroxylation sites is 1. The van der Waals surface area contributed by atoms with Crippen LogP contribution in [0.25, 0.3) is 28.2 Å². The lowest BCUT2D eigenvalue weighted by Gasteiger charge is -2.20. The van der Waals surface area contributed by atoms with Crippen molar-refractivity contribution < 1.29 is 9.53 Å². The molecule has 0 saturated carbocycles. The number of aromatic amines is 1. The molecule has 5 nitrogen and oxygen atoms in total. The monoisotopic (exact) mass is 469 g/mol. The van der Waals surface area contributed by atoms with Crippen molar-refractivity contribution in [1.82, 2.24) is 4.98 Å². The van der Waals surface area contributed by atoms with E-state index in [0.29, 0.717) is 11.5 Å². The van der Waals surface area contributed by atoms with E-state index in [9.17, 15) is 4.79 Å². The molecule has 6 rings (SSSR count). The molecule has 174 valence electrons. The predicted molar refractivity (Wildman–Crippen MR) is 145 cm³/mol. The third-order valence-electron chi connectivity index (χ3n) is 6.28. The van der Waals surface area contributed by atoms with Gasteiger partial charge < -0.3 is 9.72 Å². The van der Waals surface area contributed by atoms with Crippen LogP contribution in [0.2, 0.25) is 0 Å². The highest BCUT2D eigenvalue weighted by molar-refractivity contribution is 6.36. The maximum absolute atomic E-state index is 14.0. The summed E-state index contributed by atoms with van der Waals surface area (Å²) in [6, 6.07) is 35.5. The number of amides is 1. The highest BCUT2D eigenvalue weighted by atomic mass is 16.5. The van der Waals surface area contributed by atoms with Gasteiger partial charge in [-0.25, -0.2) is 4.99 Å². The largest absolute Gasteiger partial charge is 0.497 e. The van der Waals surface area contributed by atoms with Crippen molar-refractivity contribution in [1.29, 1.82) is 0 Å². The van der Waals surface area contributed by atoms with E-state index in [2.05, 4.69) is 4.98 Å². The van der Waals surface area contributed by atoms with Crippen molar-refractivity contribution in [2.75, 3.05) is 12.0 Å². The van der Waals surface area contributed by atoms with Crippen LogP contribution in [0.5, 0.6) is 5.75 Å². The molecular weight excluding hydrogens is 446 g/mol. The Bertz CT molecular complexity index is 1620. The molecule has 4 aromatic carbocycles. The third-order valence-corrected chi connectivity index (χ3v) is 6.28. The first-order valence-corrected chi connectivity index (χ1v) is 11.7. The fourth-order valence-electron chi connectivity index (χ4n) is 4.54. The number of hydrogen-bond acceptors (Lipinski definition) is 3. The van der Waals surface area contributed by atoms with E-state index in [1.54, 1.807) is 12.0 Å². The predicted octanol–water partition coefficient (Wildman–Crippen LogP) is 6.68. The Hall–Kier alpha value is -4.90. The van der Waals surface area contributed by atoms with Crippen LogP contribution in [0.4, 0.5) is 5.69 Å². The van der Waals surface area contributed by atoms with E-state index in [-0.39, 0.29) is 5.91 Å². The summed E-state index contributed by atoms with van der Waals surface area (Å²) in [5.74, 6) is 1.19. The van der Waals surface area contributed by atoms with Gasteiger partial charge in [0.1, 0.15) is 17.3 Å². The molecule has 1 N–H and O–H groups in total. The summed E-state index contributed by atoms with van der Waals surface area (Å²) in [4.78, 5) is 24.2. The summed E-state index contributed by atoms with van der Waals surface area (Å²) < 4.78 is 5.27. The number of amidine groups is 1. The molecule has 5 aromatic rings. The molecule has 36 heavy (non-hydrogen) atoms. The number of ether oxygens (including phenoxy) is 1. The molecule has 0 unspecified atom stereocenters. The number of anilines is 1. The Balaban J connectivity index is 1.56. The maximum Gasteiger partial charge on any atom is 0.282 e. The van der Waals surface area contributed by atoms with Crippen LogP contribution in [0.15, 0.2) is 120 Å². The summed E-state index contributed by atoms with van der Waals surface area (Å²) in [5, 5.41) is 0.957. The number of methoxy groups -OCH3 is 1. The molecule has 0 bridgehead atoms. The fraction of sp³-hybridized carbons (Fsp3) is 0.0323. The van der Waals surface area contributed by atoms with Gasteiger partial charge in [-0.1, -0.05) is 91.0 Å². The van der Waals surface area contributed by atoms with E-state index in [0.717, 1.165) is 44.7 Å². The molecule has 0 saturated heterocycles. The SMILES string of the molecule is COc1ccc(/C=C2/N=C(c3ccccc3)N(c3c(-c4ccccc4)[nH]c4ccccc34)C2=O)cc1. The van der Waals surface area contributed by atoms with Gasteiger partial charge in [-0.2, -0.15) is 0 Å². The number of aromatic nitrogens is 1. The normalized spacial score (nSPS) is 14.5. The highest BCUT2D eigenvalue weighted by Crippen LogP contribution is 2.41. The van der Waals surface area contributed by atoms with Crippen LogP contribution in [0.1, 0.15) is 11.1 Å². The lowest BCUT2D eigenvalue weighted by molar-refractivity contribution is -0.113. The number of H-pyrrole nitrogens is 1. The average molecular weight is 470 g/mol. The molecule has 0 atom stereocenters. The molecule has 1 amide bonds. The average Bonchev–Trinajstić information content (AvgIpc) is 3.47. The number of hydrogen-bond donors (Lipinski definition) is 1. The van der Waals surface area contributed by atoms with Gasteiger partial charge in [0.05, 0.1) is 18.5 Å². The number of nitrogens with one attached hydrogen (secondary N) is 1. The second-order valence-electron chi connectivity index (χ2n) is 8.50. The maximum atomic E-state index is 14.0. The minimum atomic E-state index is -0.174. The Kier molecular flexibility index (Phi) is 5.43. The van der Waals surface area contributed by atoms with Gasteiger partial charge in [-0.3, -0.25) is 9.69 Å². The standard InChI is InChI=1S/C31H23N3O2/c1-36-24-18-16-21(17-19-24)20-27-31(35)34(30(33-27)23-12-6-3-7-13-23)29-25-14-8-9-15-26(25)32-28(29)22-10-4-2-5-11-22/h2-20,32H,1H3/b27-20+. The Morgan fingerprint density at radius 1 is 0.778 bits per heavy atom. The number of rotatable bonds is 5. The van der Waals surface area contributed by atoms with Crippen LogP contribution >= 0.6 is 0 Å². The second-order valence-corrected chi connectivity index (χ2v) is 8.50. The number of nitrogens with zero attached hydrogens (tertiary/aromatic N) is 2.